The van der Waals surface area contributed by atoms with Gasteiger partial charge in [0.15, 0.2) is 0 Å². The van der Waals surface area contributed by atoms with Crippen LogP contribution in [-0.2, 0) is 19.1 Å². The lowest BCUT2D eigenvalue weighted by Crippen LogP contribution is -2.52. The number of hydrogen-bond acceptors (Lipinski definition) is 7. The number of ether oxygens (including phenoxy) is 2. The third-order valence-electron chi connectivity index (χ3n) is 4.36. The van der Waals surface area contributed by atoms with Crippen molar-refractivity contribution in [3.63, 3.8) is 0 Å². The molecule has 0 fully saturated rings. The van der Waals surface area contributed by atoms with Crippen molar-refractivity contribution < 1.29 is 55.7 Å². The molecule has 0 saturated carbocycles. The van der Waals surface area contributed by atoms with Gasteiger partial charge >= 0.3 is 18.0 Å². The lowest BCUT2D eigenvalue weighted by atomic mass is 10.0. The van der Waals surface area contributed by atoms with E-state index in [-0.39, 0.29) is 5.92 Å². The maximum Gasteiger partial charge on any atom is 0.408 e. The first-order chi connectivity index (χ1) is 17.8. The van der Waals surface area contributed by atoms with Crippen LogP contribution < -0.4 is 15.4 Å². The Kier molecular flexibility index (Phi) is 14.8. The summed E-state index contributed by atoms with van der Waals surface area (Å²) in [5.41, 5.74) is -0.676. The molecule has 2 amide bonds. The van der Waals surface area contributed by atoms with Gasteiger partial charge in [-0.05, 0) is 51.5 Å². The van der Waals surface area contributed by atoms with Crippen molar-refractivity contribution in [2.24, 2.45) is 5.92 Å². The molecule has 0 aliphatic carbocycles. The Morgan fingerprint density at radius 3 is 1.77 bits per heavy atom. The van der Waals surface area contributed by atoms with Crippen molar-refractivity contribution in [3.8, 4) is 5.75 Å². The maximum absolute atomic E-state index is 12.8. The first-order valence-corrected chi connectivity index (χ1v) is 12.9. The fourth-order valence-electron chi connectivity index (χ4n) is 2.74. The summed E-state index contributed by atoms with van der Waals surface area (Å²) in [5.74, 6) is -14.6. The Labute approximate surface area is 227 Å². The molecule has 15 heteroatoms. The zero-order valence-corrected chi connectivity index (χ0v) is 23.4. The molecule has 1 aromatic rings. The number of aliphatic carboxylic acids is 1. The summed E-state index contributed by atoms with van der Waals surface area (Å²) in [5, 5.41) is 14.2. The number of esters is 1. The van der Waals surface area contributed by atoms with Crippen LogP contribution in [0.4, 0.5) is 26.7 Å². The summed E-state index contributed by atoms with van der Waals surface area (Å²) in [6.07, 6.45) is 1.88. The number of carbonyl (C=O) groups excluding carboxylic acids is 3. The summed E-state index contributed by atoms with van der Waals surface area (Å²) >= 11 is 1.51. The minimum atomic E-state index is -2.30. The number of carboxylic acid groups (broad SMARTS) is 1. The van der Waals surface area contributed by atoms with Crippen LogP contribution in [0.2, 0.25) is 0 Å². The highest BCUT2D eigenvalue weighted by molar-refractivity contribution is 7.98. The highest BCUT2D eigenvalue weighted by Crippen LogP contribution is 2.29. The monoisotopic (exact) mass is 588 g/mol. The molecule has 1 aromatic carbocycles. The van der Waals surface area contributed by atoms with E-state index in [4.69, 9.17) is 4.74 Å². The highest BCUT2D eigenvalue weighted by atomic mass is 32.2. The Morgan fingerprint density at radius 2 is 1.38 bits per heavy atom. The highest BCUT2D eigenvalue weighted by Gasteiger charge is 2.29. The van der Waals surface area contributed by atoms with Crippen molar-refractivity contribution >= 4 is 35.7 Å². The van der Waals surface area contributed by atoms with Crippen molar-refractivity contribution in [1.29, 1.82) is 0 Å². The number of alkyl carbamates (subject to hydrolysis) is 1. The van der Waals surface area contributed by atoms with E-state index in [1.807, 2.05) is 20.1 Å². The summed E-state index contributed by atoms with van der Waals surface area (Å²) in [6.45, 7) is 9.78. The summed E-state index contributed by atoms with van der Waals surface area (Å²) < 4.78 is 72.0. The van der Waals surface area contributed by atoms with Crippen molar-refractivity contribution in [2.75, 3.05) is 12.0 Å². The molecule has 0 aliphatic heterocycles. The second kappa shape index (κ2) is 16.1. The van der Waals surface area contributed by atoms with Gasteiger partial charge < -0.3 is 25.2 Å². The van der Waals surface area contributed by atoms with E-state index in [1.54, 1.807) is 20.8 Å². The van der Waals surface area contributed by atoms with Gasteiger partial charge in [-0.1, -0.05) is 13.8 Å². The molecule has 222 valence electrons. The molecule has 0 saturated heterocycles. The summed E-state index contributed by atoms with van der Waals surface area (Å²) in [6, 6.07) is -1.81. The van der Waals surface area contributed by atoms with Crippen molar-refractivity contribution in [1.82, 2.24) is 10.6 Å². The zero-order valence-electron chi connectivity index (χ0n) is 22.5. The van der Waals surface area contributed by atoms with Gasteiger partial charge in [0.05, 0.1) is 0 Å². The molecule has 0 radical (unpaired) electrons. The van der Waals surface area contributed by atoms with Gasteiger partial charge in [-0.3, -0.25) is 9.59 Å². The number of carbonyl (C=O) groups is 4. The molecule has 9 nitrogen and oxygen atoms in total. The van der Waals surface area contributed by atoms with Crippen LogP contribution >= 0.6 is 11.8 Å². The second-order valence-electron chi connectivity index (χ2n) is 9.50. The van der Waals surface area contributed by atoms with E-state index in [0.717, 1.165) is 6.92 Å². The van der Waals surface area contributed by atoms with Crippen LogP contribution in [0.1, 0.15) is 54.4 Å². The van der Waals surface area contributed by atoms with Gasteiger partial charge in [0, 0.05) is 6.92 Å². The smallest absolute Gasteiger partial charge is 0.408 e. The van der Waals surface area contributed by atoms with Crippen LogP contribution in [0.3, 0.4) is 0 Å². The molecule has 0 unspecified atom stereocenters. The SMILES string of the molecule is CC(=O)Oc1c(F)c(F)c(F)c(F)c1F.CSCC[C@H](NC(=O)[C@H](CC(C)C)NC(=O)OC(C)(C)C)C(=O)O. The van der Waals surface area contributed by atoms with Crippen LogP contribution in [0.25, 0.3) is 0 Å². The minimum absolute atomic E-state index is 0.144. The Balaban J connectivity index is 0.000000820. The fourth-order valence-corrected chi connectivity index (χ4v) is 3.21. The fraction of sp³-hybridized carbons (Fsp3) is 0.583. The average molecular weight is 589 g/mol. The average Bonchev–Trinajstić information content (AvgIpc) is 2.80. The largest absolute Gasteiger partial charge is 0.480 e. The van der Waals surface area contributed by atoms with Gasteiger partial charge in [0.2, 0.25) is 40.7 Å². The van der Waals surface area contributed by atoms with E-state index >= 15 is 0 Å². The van der Waals surface area contributed by atoms with E-state index in [9.17, 15) is 46.2 Å². The molecule has 39 heavy (non-hydrogen) atoms. The number of nitrogens with one attached hydrogen (secondary N) is 2. The van der Waals surface area contributed by atoms with E-state index in [1.165, 1.54) is 11.8 Å². The number of carboxylic acids is 1. The molecule has 2 atom stereocenters. The molecule has 0 aromatic heterocycles. The molecular weight excluding hydrogens is 555 g/mol. The van der Waals surface area contributed by atoms with Gasteiger partial charge in [-0.25, -0.2) is 22.8 Å². The van der Waals surface area contributed by atoms with E-state index < -0.39 is 76.5 Å². The molecule has 0 aliphatic rings. The number of thioether (sulfide) groups is 1. The molecule has 1 rings (SSSR count). The maximum atomic E-state index is 12.8. The minimum Gasteiger partial charge on any atom is -0.480 e. The van der Waals surface area contributed by atoms with E-state index in [2.05, 4.69) is 15.4 Å². The van der Waals surface area contributed by atoms with Crippen LogP contribution in [-0.4, -0.2) is 58.7 Å². The predicted molar refractivity (Wildman–Crippen MR) is 133 cm³/mol. The lowest BCUT2D eigenvalue weighted by Gasteiger charge is -2.25. The van der Waals surface area contributed by atoms with Gasteiger partial charge in [-0.15, -0.1) is 0 Å². The summed E-state index contributed by atoms with van der Waals surface area (Å²) in [7, 11) is 0. The lowest BCUT2D eigenvalue weighted by molar-refractivity contribution is -0.142. The normalized spacial score (nSPS) is 12.5. The van der Waals surface area contributed by atoms with Crippen LogP contribution in [0.15, 0.2) is 0 Å². The topological polar surface area (TPSA) is 131 Å². The molecule has 3 N–H and O–H groups in total. The zero-order chi connectivity index (χ0) is 30.7. The third kappa shape index (κ3) is 13.0. The Morgan fingerprint density at radius 1 is 0.897 bits per heavy atom. The summed E-state index contributed by atoms with van der Waals surface area (Å²) in [4.78, 5) is 45.9. The quantitative estimate of drug-likeness (QED) is 0.119. The first kappa shape index (κ1) is 35.9. The molecule has 0 heterocycles. The third-order valence-corrected chi connectivity index (χ3v) is 5.00. The first-order valence-electron chi connectivity index (χ1n) is 11.5. The number of halogens is 5. The Hall–Kier alpha value is -3.10. The van der Waals surface area contributed by atoms with Gasteiger partial charge in [0.25, 0.3) is 0 Å². The van der Waals surface area contributed by atoms with Crippen molar-refractivity contribution in [2.45, 2.75) is 72.1 Å². The number of hydrogen-bond donors (Lipinski definition) is 3. The van der Waals surface area contributed by atoms with E-state index in [0.29, 0.717) is 18.6 Å². The molecule has 0 bridgehead atoms. The Bertz CT molecular complexity index is 1010. The van der Waals surface area contributed by atoms with Gasteiger partial charge in [-0.2, -0.15) is 20.5 Å². The van der Waals surface area contributed by atoms with Gasteiger partial charge in [0.1, 0.15) is 17.7 Å². The standard InChI is InChI=1S/C16H30N2O5S.C8H3F5O2/c1-10(2)9-12(18-15(22)23-16(3,4)5)13(19)17-11(14(20)21)7-8-24-6;1-2(14)15-8-6(12)4(10)3(9)5(11)7(8)13/h10-12H,7-9H2,1-6H3,(H,17,19)(H,18,22)(H,20,21);1H3/t11-,12-;/m0./s1. The number of benzene rings is 1. The number of amides is 2. The van der Waals surface area contributed by atoms with Crippen LogP contribution in [0, 0.1) is 35.0 Å². The molecule has 0 spiro atoms. The number of rotatable bonds is 10. The predicted octanol–water partition coefficient (Wildman–Crippen LogP) is 4.56. The van der Waals surface area contributed by atoms with Crippen LogP contribution in [0.5, 0.6) is 5.75 Å². The second-order valence-corrected chi connectivity index (χ2v) is 10.5. The molecular formula is C24H33F5N2O7S. The van der Waals surface area contributed by atoms with Crippen molar-refractivity contribution in [3.05, 3.63) is 29.1 Å².